The van der Waals surface area contributed by atoms with E-state index in [-0.39, 0.29) is 18.2 Å². The van der Waals surface area contributed by atoms with Crippen molar-refractivity contribution in [2.75, 3.05) is 13.2 Å². The van der Waals surface area contributed by atoms with Crippen LogP contribution in [0.15, 0.2) is 23.1 Å². The van der Waals surface area contributed by atoms with Crippen LogP contribution in [-0.4, -0.2) is 31.6 Å². The van der Waals surface area contributed by atoms with Gasteiger partial charge in [0.2, 0.25) is 10.0 Å². The fourth-order valence-electron chi connectivity index (χ4n) is 1.56. The minimum absolute atomic E-state index is 0.0510. The van der Waals surface area contributed by atoms with Crippen molar-refractivity contribution in [1.29, 1.82) is 0 Å². The van der Waals surface area contributed by atoms with Crippen LogP contribution in [0.3, 0.4) is 0 Å². The van der Waals surface area contributed by atoms with Gasteiger partial charge >= 0.3 is 0 Å². The highest BCUT2D eigenvalue weighted by atomic mass is 35.5. The maximum absolute atomic E-state index is 12.0. The molecular formula is C11H15ClN2O5S. The van der Waals surface area contributed by atoms with Crippen LogP contribution in [0.2, 0.25) is 5.02 Å². The SMILES string of the molecule is O=[N+]([O-])c1cc(Cl)ccc1S(=O)(=O)NCCCCCO. The van der Waals surface area contributed by atoms with E-state index in [0.717, 1.165) is 12.1 Å². The van der Waals surface area contributed by atoms with Gasteiger partial charge in [0.25, 0.3) is 5.69 Å². The molecule has 0 aliphatic heterocycles. The summed E-state index contributed by atoms with van der Waals surface area (Å²) < 4.78 is 26.3. The number of nitrogens with one attached hydrogen (secondary N) is 1. The van der Waals surface area contributed by atoms with E-state index in [9.17, 15) is 18.5 Å². The predicted molar refractivity (Wildman–Crippen MR) is 74.2 cm³/mol. The van der Waals surface area contributed by atoms with Crippen molar-refractivity contribution in [3.63, 3.8) is 0 Å². The monoisotopic (exact) mass is 322 g/mol. The Labute approximate surface area is 121 Å². The number of aliphatic hydroxyl groups is 1. The highest BCUT2D eigenvalue weighted by molar-refractivity contribution is 7.89. The Morgan fingerprint density at radius 2 is 2.00 bits per heavy atom. The molecule has 0 radical (unpaired) electrons. The third kappa shape index (κ3) is 4.71. The van der Waals surface area contributed by atoms with Gasteiger partial charge in [-0.1, -0.05) is 11.6 Å². The molecule has 1 aromatic rings. The van der Waals surface area contributed by atoms with Crippen molar-refractivity contribution in [2.45, 2.75) is 24.2 Å². The molecular weight excluding hydrogens is 308 g/mol. The number of halogens is 1. The van der Waals surface area contributed by atoms with E-state index >= 15 is 0 Å². The van der Waals surface area contributed by atoms with Gasteiger partial charge in [0.15, 0.2) is 4.90 Å². The summed E-state index contributed by atoms with van der Waals surface area (Å²) in [6, 6.07) is 3.40. The van der Waals surface area contributed by atoms with Crippen LogP contribution in [0, 0.1) is 10.1 Å². The number of nitro benzene ring substituents is 1. The standard InChI is InChI=1S/C11H15ClN2O5S/c12-9-4-5-11(10(8-9)14(16)17)20(18,19)13-6-2-1-3-7-15/h4-5,8,13,15H,1-3,6-7H2. The summed E-state index contributed by atoms with van der Waals surface area (Å²) >= 11 is 5.63. The summed E-state index contributed by atoms with van der Waals surface area (Å²) in [4.78, 5) is 9.67. The number of aliphatic hydroxyl groups excluding tert-OH is 1. The Morgan fingerprint density at radius 1 is 1.30 bits per heavy atom. The molecule has 0 saturated heterocycles. The van der Waals surface area contributed by atoms with E-state index < -0.39 is 25.5 Å². The van der Waals surface area contributed by atoms with E-state index in [1.165, 1.54) is 6.07 Å². The number of nitrogens with zero attached hydrogens (tertiary/aromatic N) is 1. The molecule has 20 heavy (non-hydrogen) atoms. The summed E-state index contributed by atoms with van der Waals surface area (Å²) in [5, 5.41) is 19.6. The van der Waals surface area contributed by atoms with E-state index in [1.807, 2.05) is 0 Å². The van der Waals surface area contributed by atoms with Crippen LogP contribution < -0.4 is 4.72 Å². The Hall–Kier alpha value is -1.22. The number of hydrogen-bond acceptors (Lipinski definition) is 5. The zero-order valence-corrected chi connectivity index (χ0v) is 12.2. The Morgan fingerprint density at radius 3 is 2.60 bits per heavy atom. The molecule has 2 N–H and O–H groups in total. The highest BCUT2D eigenvalue weighted by Crippen LogP contribution is 2.26. The minimum Gasteiger partial charge on any atom is -0.396 e. The minimum atomic E-state index is -3.95. The first-order chi connectivity index (χ1) is 9.38. The lowest BCUT2D eigenvalue weighted by Crippen LogP contribution is -2.25. The van der Waals surface area contributed by atoms with Crippen LogP contribution in [0.1, 0.15) is 19.3 Å². The quantitative estimate of drug-likeness (QED) is 0.430. The van der Waals surface area contributed by atoms with Gasteiger partial charge in [0.05, 0.1) is 4.92 Å². The van der Waals surface area contributed by atoms with Crippen molar-refractivity contribution in [2.24, 2.45) is 0 Å². The fraction of sp³-hybridized carbons (Fsp3) is 0.455. The second-order valence-electron chi connectivity index (χ2n) is 4.05. The first-order valence-electron chi connectivity index (χ1n) is 5.93. The Balaban J connectivity index is 2.84. The zero-order chi connectivity index (χ0) is 15.2. The molecule has 112 valence electrons. The maximum Gasteiger partial charge on any atom is 0.290 e. The third-order valence-corrected chi connectivity index (χ3v) is 4.28. The summed E-state index contributed by atoms with van der Waals surface area (Å²) in [5.74, 6) is 0. The average molecular weight is 323 g/mol. The molecule has 0 fully saturated rings. The second kappa shape index (κ2) is 7.53. The largest absolute Gasteiger partial charge is 0.396 e. The molecule has 0 aromatic heterocycles. The number of hydrogen-bond donors (Lipinski definition) is 2. The van der Waals surface area contributed by atoms with Gasteiger partial charge in [-0.05, 0) is 31.4 Å². The molecule has 9 heteroatoms. The molecule has 0 aliphatic rings. The molecule has 0 atom stereocenters. The molecule has 0 aliphatic carbocycles. The molecule has 0 saturated carbocycles. The van der Waals surface area contributed by atoms with Gasteiger partial charge in [-0.3, -0.25) is 10.1 Å². The molecule has 1 aromatic carbocycles. The van der Waals surface area contributed by atoms with Gasteiger partial charge in [0, 0.05) is 24.2 Å². The molecule has 0 heterocycles. The van der Waals surface area contributed by atoms with Crippen LogP contribution in [0.4, 0.5) is 5.69 Å². The number of benzene rings is 1. The van der Waals surface area contributed by atoms with E-state index in [2.05, 4.69) is 4.72 Å². The van der Waals surface area contributed by atoms with Gasteiger partial charge in [-0.2, -0.15) is 0 Å². The number of unbranched alkanes of at least 4 members (excludes halogenated alkanes) is 2. The molecule has 0 amide bonds. The van der Waals surface area contributed by atoms with Crippen molar-refractivity contribution in [3.8, 4) is 0 Å². The first kappa shape index (κ1) is 16.8. The van der Waals surface area contributed by atoms with Crippen molar-refractivity contribution in [1.82, 2.24) is 4.72 Å². The summed E-state index contributed by atoms with van der Waals surface area (Å²) in [6.07, 6.45) is 1.80. The number of nitro groups is 1. The number of sulfonamides is 1. The highest BCUT2D eigenvalue weighted by Gasteiger charge is 2.25. The summed E-state index contributed by atoms with van der Waals surface area (Å²) in [7, 11) is -3.95. The lowest BCUT2D eigenvalue weighted by atomic mass is 10.2. The van der Waals surface area contributed by atoms with Gasteiger partial charge in [0.1, 0.15) is 0 Å². The van der Waals surface area contributed by atoms with Gasteiger partial charge in [-0.15, -0.1) is 0 Å². The second-order valence-corrected chi connectivity index (χ2v) is 6.22. The fourth-order valence-corrected chi connectivity index (χ4v) is 2.95. The van der Waals surface area contributed by atoms with Crippen molar-refractivity contribution in [3.05, 3.63) is 33.3 Å². The lowest BCUT2D eigenvalue weighted by molar-refractivity contribution is -0.387. The average Bonchev–Trinajstić information content (AvgIpc) is 2.38. The van der Waals surface area contributed by atoms with E-state index in [4.69, 9.17) is 16.7 Å². The molecule has 7 nitrogen and oxygen atoms in total. The maximum atomic E-state index is 12.0. The summed E-state index contributed by atoms with van der Waals surface area (Å²) in [5.41, 5.74) is -0.555. The summed E-state index contributed by atoms with van der Waals surface area (Å²) in [6.45, 7) is 0.206. The third-order valence-electron chi connectivity index (χ3n) is 2.53. The smallest absolute Gasteiger partial charge is 0.290 e. The zero-order valence-electron chi connectivity index (χ0n) is 10.6. The van der Waals surface area contributed by atoms with Crippen LogP contribution in [-0.2, 0) is 10.0 Å². The first-order valence-corrected chi connectivity index (χ1v) is 7.79. The molecule has 1 rings (SSSR count). The van der Waals surface area contributed by atoms with Crippen LogP contribution in [0.25, 0.3) is 0 Å². The van der Waals surface area contributed by atoms with Crippen molar-refractivity contribution >= 4 is 27.3 Å². The van der Waals surface area contributed by atoms with E-state index in [0.29, 0.717) is 19.3 Å². The Kier molecular flexibility index (Phi) is 6.34. The van der Waals surface area contributed by atoms with E-state index in [1.54, 1.807) is 0 Å². The van der Waals surface area contributed by atoms with Crippen molar-refractivity contribution < 1.29 is 18.4 Å². The normalized spacial score (nSPS) is 11.5. The molecule has 0 bridgehead atoms. The Bertz CT molecular complexity index is 576. The molecule has 0 spiro atoms. The topological polar surface area (TPSA) is 110 Å². The van der Waals surface area contributed by atoms with Gasteiger partial charge in [-0.25, -0.2) is 13.1 Å². The van der Waals surface area contributed by atoms with Crippen LogP contribution in [0.5, 0.6) is 0 Å². The predicted octanol–water partition coefficient (Wildman–Crippen LogP) is 1.69. The number of rotatable bonds is 8. The van der Waals surface area contributed by atoms with Crippen LogP contribution >= 0.6 is 11.6 Å². The van der Waals surface area contributed by atoms with Gasteiger partial charge < -0.3 is 5.11 Å². The lowest BCUT2D eigenvalue weighted by Gasteiger charge is -2.07. The molecule has 0 unspecified atom stereocenters.